The van der Waals surface area contributed by atoms with E-state index in [1.807, 2.05) is 0 Å². The van der Waals surface area contributed by atoms with Crippen LogP contribution in [0.5, 0.6) is 0 Å². The van der Waals surface area contributed by atoms with E-state index in [0.717, 1.165) is 31.7 Å². The number of amides is 1. The zero-order valence-corrected chi connectivity index (χ0v) is 13.2. The molecule has 0 aromatic heterocycles. The minimum absolute atomic E-state index is 0.0906. The maximum absolute atomic E-state index is 13.5. The summed E-state index contributed by atoms with van der Waals surface area (Å²) in [6.07, 6.45) is 5.67. The lowest BCUT2D eigenvalue weighted by Gasteiger charge is -2.30. The van der Waals surface area contributed by atoms with Crippen molar-refractivity contribution in [1.29, 1.82) is 0 Å². The van der Waals surface area contributed by atoms with Crippen LogP contribution in [0.25, 0.3) is 0 Å². The molecule has 116 valence electrons. The van der Waals surface area contributed by atoms with Gasteiger partial charge in [0.05, 0.1) is 15.6 Å². The highest BCUT2D eigenvalue weighted by Gasteiger charge is 2.25. The van der Waals surface area contributed by atoms with Gasteiger partial charge in [-0.25, -0.2) is 4.39 Å². The van der Waals surface area contributed by atoms with Gasteiger partial charge >= 0.3 is 0 Å². The third kappa shape index (κ3) is 4.09. The molecule has 21 heavy (non-hydrogen) atoms. The smallest absolute Gasteiger partial charge is 0.253 e. The summed E-state index contributed by atoms with van der Waals surface area (Å²) in [6, 6.07) is 2.20. The summed E-state index contributed by atoms with van der Waals surface area (Å²) in [4.78, 5) is 12.3. The minimum atomic E-state index is -0.659. The Morgan fingerprint density at radius 3 is 2.57 bits per heavy atom. The molecule has 3 nitrogen and oxygen atoms in total. The first kappa shape index (κ1) is 16.5. The van der Waals surface area contributed by atoms with Crippen molar-refractivity contribution in [1.82, 2.24) is 5.32 Å². The van der Waals surface area contributed by atoms with Gasteiger partial charge in [0.25, 0.3) is 5.91 Å². The van der Waals surface area contributed by atoms with Crippen molar-refractivity contribution < 1.29 is 9.18 Å². The third-order valence-corrected chi connectivity index (χ3v) is 4.65. The predicted octanol–water partition coefficient (Wildman–Crippen LogP) is 3.77. The predicted molar refractivity (Wildman–Crippen MR) is 83.3 cm³/mol. The number of nitrogens with two attached hydrogens (primary N) is 1. The number of nitrogens with one attached hydrogen (secondary N) is 1. The third-order valence-electron chi connectivity index (χ3n) is 4.04. The Hall–Kier alpha value is -0.840. The fraction of sp³-hybridized carbons (Fsp3) is 0.533. The van der Waals surface area contributed by atoms with Gasteiger partial charge in [0.15, 0.2) is 0 Å². The highest BCUT2D eigenvalue weighted by molar-refractivity contribution is 6.36. The zero-order chi connectivity index (χ0) is 15.4. The molecule has 1 aliphatic carbocycles. The van der Waals surface area contributed by atoms with Crippen molar-refractivity contribution in [3.63, 3.8) is 0 Å². The molecule has 0 heterocycles. The molecule has 1 fully saturated rings. The fourth-order valence-electron chi connectivity index (χ4n) is 2.85. The molecule has 1 aromatic rings. The van der Waals surface area contributed by atoms with Gasteiger partial charge in [0.2, 0.25) is 0 Å². The first-order chi connectivity index (χ1) is 10.0. The number of benzene rings is 1. The summed E-state index contributed by atoms with van der Waals surface area (Å²) in [5, 5.41) is 2.92. The van der Waals surface area contributed by atoms with E-state index in [9.17, 15) is 9.18 Å². The number of hydrogen-bond acceptors (Lipinski definition) is 2. The molecule has 0 saturated heterocycles. The van der Waals surface area contributed by atoms with Crippen LogP contribution in [0.2, 0.25) is 10.0 Å². The Morgan fingerprint density at radius 2 is 1.95 bits per heavy atom. The Kier molecular flexibility index (Phi) is 5.85. The standard InChI is InChI=1S/C15H19Cl2FN2O/c16-11-7-12(17)13(18)6-10(11)15(21)20-14(8-19)9-4-2-1-3-5-9/h6-7,9,14H,1-5,8,19H2,(H,20,21). The second kappa shape index (κ2) is 7.43. The molecular weight excluding hydrogens is 314 g/mol. The van der Waals surface area contributed by atoms with Gasteiger partial charge in [-0.3, -0.25) is 4.79 Å². The normalized spacial score (nSPS) is 17.5. The van der Waals surface area contributed by atoms with Crippen molar-refractivity contribution in [2.24, 2.45) is 11.7 Å². The average Bonchev–Trinajstić information content (AvgIpc) is 2.49. The fourth-order valence-corrected chi connectivity index (χ4v) is 3.32. The van der Waals surface area contributed by atoms with E-state index < -0.39 is 11.7 Å². The first-order valence-electron chi connectivity index (χ1n) is 7.18. The summed E-state index contributed by atoms with van der Waals surface area (Å²) < 4.78 is 13.5. The summed E-state index contributed by atoms with van der Waals surface area (Å²) in [5.74, 6) is -0.687. The van der Waals surface area contributed by atoms with Gasteiger partial charge in [0, 0.05) is 12.6 Å². The monoisotopic (exact) mass is 332 g/mol. The van der Waals surface area contributed by atoms with E-state index in [1.165, 1.54) is 12.5 Å². The van der Waals surface area contributed by atoms with Gasteiger partial charge < -0.3 is 11.1 Å². The second-order valence-electron chi connectivity index (χ2n) is 5.46. The Balaban J connectivity index is 2.10. The molecule has 0 spiro atoms. The van der Waals surface area contributed by atoms with E-state index in [2.05, 4.69) is 5.32 Å². The average molecular weight is 333 g/mol. The number of hydrogen-bond donors (Lipinski definition) is 2. The second-order valence-corrected chi connectivity index (χ2v) is 6.27. The first-order valence-corrected chi connectivity index (χ1v) is 7.94. The van der Waals surface area contributed by atoms with Crippen LogP contribution >= 0.6 is 23.2 Å². The molecule has 1 amide bonds. The van der Waals surface area contributed by atoms with Gasteiger partial charge in [-0.1, -0.05) is 42.5 Å². The molecule has 2 rings (SSSR count). The lowest BCUT2D eigenvalue weighted by Crippen LogP contribution is -2.46. The maximum atomic E-state index is 13.5. The molecule has 6 heteroatoms. The van der Waals surface area contributed by atoms with Crippen LogP contribution in [-0.4, -0.2) is 18.5 Å². The summed E-state index contributed by atoms with van der Waals surface area (Å²) in [7, 11) is 0. The number of carbonyl (C=O) groups excluding carboxylic acids is 1. The van der Waals surface area contributed by atoms with E-state index in [-0.39, 0.29) is 21.7 Å². The Labute approximate surface area is 134 Å². The van der Waals surface area contributed by atoms with Gasteiger partial charge in [-0.2, -0.15) is 0 Å². The summed E-state index contributed by atoms with van der Waals surface area (Å²) in [5.41, 5.74) is 5.87. The summed E-state index contributed by atoms with van der Waals surface area (Å²) >= 11 is 11.6. The van der Waals surface area contributed by atoms with Crippen molar-refractivity contribution in [3.05, 3.63) is 33.6 Å². The van der Waals surface area contributed by atoms with Gasteiger partial charge in [-0.15, -0.1) is 0 Å². The molecule has 0 radical (unpaired) electrons. The largest absolute Gasteiger partial charge is 0.348 e. The maximum Gasteiger partial charge on any atom is 0.253 e. The number of halogens is 3. The zero-order valence-electron chi connectivity index (χ0n) is 11.7. The minimum Gasteiger partial charge on any atom is -0.348 e. The van der Waals surface area contributed by atoms with Crippen LogP contribution in [0, 0.1) is 11.7 Å². The Morgan fingerprint density at radius 1 is 1.29 bits per heavy atom. The van der Waals surface area contributed by atoms with Crippen molar-refractivity contribution >= 4 is 29.1 Å². The van der Waals surface area contributed by atoms with Crippen molar-refractivity contribution in [3.8, 4) is 0 Å². The summed E-state index contributed by atoms with van der Waals surface area (Å²) in [6.45, 7) is 0.365. The number of carbonyl (C=O) groups is 1. The van der Waals surface area contributed by atoms with Crippen molar-refractivity contribution in [2.45, 2.75) is 38.1 Å². The van der Waals surface area contributed by atoms with E-state index in [4.69, 9.17) is 28.9 Å². The van der Waals surface area contributed by atoms with Crippen LogP contribution in [-0.2, 0) is 0 Å². The SMILES string of the molecule is NCC(NC(=O)c1cc(F)c(Cl)cc1Cl)C1CCCCC1. The molecule has 1 unspecified atom stereocenters. The van der Waals surface area contributed by atoms with E-state index in [0.29, 0.717) is 12.5 Å². The molecule has 1 atom stereocenters. The quantitative estimate of drug-likeness (QED) is 0.824. The van der Waals surface area contributed by atoms with Crippen LogP contribution in [0.1, 0.15) is 42.5 Å². The number of rotatable bonds is 4. The van der Waals surface area contributed by atoms with Crippen LogP contribution in [0.3, 0.4) is 0 Å². The van der Waals surface area contributed by atoms with E-state index >= 15 is 0 Å². The molecule has 0 bridgehead atoms. The lowest BCUT2D eigenvalue weighted by molar-refractivity contribution is 0.0915. The van der Waals surface area contributed by atoms with E-state index in [1.54, 1.807) is 0 Å². The highest BCUT2D eigenvalue weighted by atomic mass is 35.5. The Bertz CT molecular complexity index is 519. The molecule has 1 aliphatic rings. The van der Waals surface area contributed by atoms with Gasteiger partial charge in [0.1, 0.15) is 5.82 Å². The highest BCUT2D eigenvalue weighted by Crippen LogP contribution is 2.27. The van der Waals surface area contributed by atoms with Crippen LogP contribution in [0.15, 0.2) is 12.1 Å². The van der Waals surface area contributed by atoms with Crippen LogP contribution in [0.4, 0.5) is 4.39 Å². The van der Waals surface area contributed by atoms with Crippen LogP contribution < -0.4 is 11.1 Å². The molecular formula is C15H19Cl2FN2O. The molecule has 1 saturated carbocycles. The molecule has 3 N–H and O–H groups in total. The van der Waals surface area contributed by atoms with Gasteiger partial charge in [-0.05, 0) is 30.9 Å². The molecule has 0 aliphatic heterocycles. The topological polar surface area (TPSA) is 55.1 Å². The lowest BCUT2D eigenvalue weighted by atomic mass is 9.84. The molecule has 1 aromatic carbocycles. The van der Waals surface area contributed by atoms with Crippen molar-refractivity contribution in [2.75, 3.05) is 6.54 Å².